The highest BCUT2D eigenvalue weighted by atomic mass is 19.1. The van der Waals surface area contributed by atoms with Crippen LogP contribution in [0.25, 0.3) is 22.4 Å². The van der Waals surface area contributed by atoms with Gasteiger partial charge in [-0.15, -0.1) is 0 Å². The molecule has 4 aromatic carbocycles. The Morgan fingerprint density at radius 2 is 1.74 bits per heavy atom. The number of benzene rings is 4. The van der Waals surface area contributed by atoms with Crippen molar-refractivity contribution in [1.29, 1.82) is 0 Å². The third-order valence-electron chi connectivity index (χ3n) is 6.74. The highest BCUT2D eigenvalue weighted by Gasteiger charge is 2.21. The SMILES string of the molecule is CCN(Cc1ccccc1)C(=O)c1ccc2nc(-c3ccc4c(c3)OCO4)n(Cc3cccc(F)c3)c2c1. The van der Waals surface area contributed by atoms with E-state index in [4.69, 9.17) is 14.5 Å². The van der Waals surface area contributed by atoms with Crippen LogP contribution in [0, 0.1) is 5.82 Å². The Morgan fingerprint density at radius 1 is 0.921 bits per heavy atom. The monoisotopic (exact) mass is 507 g/mol. The maximum Gasteiger partial charge on any atom is 0.254 e. The predicted octanol–water partition coefficient (Wildman–Crippen LogP) is 6.28. The topological polar surface area (TPSA) is 56.6 Å². The molecule has 0 bridgehead atoms. The van der Waals surface area contributed by atoms with Crippen molar-refractivity contribution < 1.29 is 18.7 Å². The third-order valence-corrected chi connectivity index (χ3v) is 6.74. The average molecular weight is 508 g/mol. The maximum absolute atomic E-state index is 14.1. The van der Waals surface area contributed by atoms with Crippen LogP contribution < -0.4 is 9.47 Å². The van der Waals surface area contributed by atoms with Gasteiger partial charge in [0.05, 0.1) is 11.0 Å². The molecule has 0 saturated carbocycles. The molecule has 0 spiro atoms. The molecule has 1 aromatic heterocycles. The van der Waals surface area contributed by atoms with Crippen molar-refractivity contribution >= 4 is 16.9 Å². The number of fused-ring (bicyclic) bond motifs is 2. The van der Waals surface area contributed by atoms with Crippen LogP contribution in [0.5, 0.6) is 11.5 Å². The molecule has 190 valence electrons. The molecule has 1 aliphatic rings. The summed E-state index contributed by atoms with van der Waals surface area (Å²) in [6, 6.07) is 27.7. The van der Waals surface area contributed by atoms with E-state index in [0.29, 0.717) is 42.5 Å². The number of ether oxygens (including phenoxy) is 2. The maximum atomic E-state index is 14.1. The number of rotatable bonds is 7. The first-order chi connectivity index (χ1) is 18.6. The molecule has 6 rings (SSSR count). The van der Waals surface area contributed by atoms with Crippen LogP contribution in [0.1, 0.15) is 28.4 Å². The first-order valence-corrected chi connectivity index (χ1v) is 12.6. The first kappa shape index (κ1) is 23.7. The Bertz CT molecular complexity index is 1630. The van der Waals surface area contributed by atoms with E-state index in [1.807, 2.05) is 89.2 Å². The van der Waals surface area contributed by atoms with Gasteiger partial charge in [-0.3, -0.25) is 4.79 Å². The van der Waals surface area contributed by atoms with Crippen LogP contribution in [-0.2, 0) is 13.1 Å². The fourth-order valence-corrected chi connectivity index (χ4v) is 4.80. The summed E-state index contributed by atoms with van der Waals surface area (Å²) in [4.78, 5) is 20.3. The van der Waals surface area contributed by atoms with Crippen LogP contribution in [0.15, 0.2) is 91.0 Å². The molecule has 0 radical (unpaired) electrons. The van der Waals surface area contributed by atoms with Crippen molar-refractivity contribution in [1.82, 2.24) is 14.5 Å². The summed E-state index contributed by atoms with van der Waals surface area (Å²) >= 11 is 0. The smallest absolute Gasteiger partial charge is 0.254 e. The summed E-state index contributed by atoms with van der Waals surface area (Å²) in [5, 5.41) is 0. The number of hydrogen-bond acceptors (Lipinski definition) is 4. The molecule has 0 unspecified atom stereocenters. The number of imidazole rings is 1. The van der Waals surface area contributed by atoms with E-state index in [-0.39, 0.29) is 18.5 Å². The fourth-order valence-electron chi connectivity index (χ4n) is 4.80. The van der Waals surface area contributed by atoms with Gasteiger partial charge in [0.2, 0.25) is 6.79 Å². The number of nitrogens with zero attached hydrogens (tertiary/aromatic N) is 3. The summed E-state index contributed by atoms with van der Waals surface area (Å²) in [5.74, 6) is 1.69. The van der Waals surface area contributed by atoms with Crippen molar-refractivity contribution in [2.45, 2.75) is 20.0 Å². The van der Waals surface area contributed by atoms with Crippen molar-refractivity contribution in [3.05, 3.63) is 114 Å². The Hall–Kier alpha value is -4.65. The number of hydrogen-bond donors (Lipinski definition) is 0. The molecule has 6 nitrogen and oxygen atoms in total. The molecule has 7 heteroatoms. The fraction of sp³-hybridized carbons (Fsp3) is 0.161. The Balaban J connectivity index is 1.43. The van der Waals surface area contributed by atoms with Gasteiger partial charge < -0.3 is 18.9 Å². The third kappa shape index (κ3) is 4.59. The summed E-state index contributed by atoms with van der Waals surface area (Å²) in [7, 11) is 0. The first-order valence-electron chi connectivity index (χ1n) is 12.6. The molecule has 0 aliphatic carbocycles. The van der Waals surface area contributed by atoms with E-state index in [2.05, 4.69) is 0 Å². The average Bonchev–Trinajstić information content (AvgIpc) is 3.56. The normalized spacial score (nSPS) is 12.2. The van der Waals surface area contributed by atoms with Gasteiger partial charge in [0, 0.05) is 30.8 Å². The van der Waals surface area contributed by atoms with Gasteiger partial charge in [-0.1, -0.05) is 42.5 Å². The van der Waals surface area contributed by atoms with E-state index in [0.717, 1.165) is 27.7 Å². The lowest BCUT2D eigenvalue weighted by Gasteiger charge is -2.21. The minimum atomic E-state index is -0.299. The van der Waals surface area contributed by atoms with Crippen molar-refractivity contribution in [2.75, 3.05) is 13.3 Å². The van der Waals surface area contributed by atoms with Gasteiger partial charge in [-0.05, 0) is 66.6 Å². The van der Waals surface area contributed by atoms with Gasteiger partial charge >= 0.3 is 0 Å². The van der Waals surface area contributed by atoms with Crippen molar-refractivity contribution in [3.8, 4) is 22.9 Å². The second-order valence-corrected chi connectivity index (χ2v) is 9.23. The van der Waals surface area contributed by atoms with E-state index in [1.165, 1.54) is 12.1 Å². The zero-order valence-electron chi connectivity index (χ0n) is 20.9. The van der Waals surface area contributed by atoms with Crippen LogP contribution >= 0.6 is 0 Å². The summed E-state index contributed by atoms with van der Waals surface area (Å²) in [5.41, 5.74) is 4.83. The lowest BCUT2D eigenvalue weighted by atomic mass is 10.1. The van der Waals surface area contributed by atoms with E-state index >= 15 is 0 Å². The molecule has 2 heterocycles. The Kier molecular flexibility index (Phi) is 6.25. The standard InChI is InChI=1S/C31H26FN3O3/c1-2-34(18-21-7-4-3-5-8-21)31(36)24-11-13-26-27(16-24)35(19-22-9-6-10-25(32)15-22)30(33-26)23-12-14-28-29(17-23)38-20-37-28/h3-17H,2,18-20H2,1H3. The molecule has 0 N–H and O–H groups in total. The molecule has 0 saturated heterocycles. The largest absolute Gasteiger partial charge is 0.454 e. The van der Waals surface area contributed by atoms with Gasteiger partial charge in [-0.25, -0.2) is 9.37 Å². The number of aromatic nitrogens is 2. The molecule has 0 fully saturated rings. The van der Waals surface area contributed by atoms with Gasteiger partial charge in [0.15, 0.2) is 11.5 Å². The van der Waals surface area contributed by atoms with E-state index < -0.39 is 0 Å². The van der Waals surface area contributed by atoms with Crippen LogP contribution in [0.4, 0.5) is 4.39 Å². The van der Waals surface area contributed by atoms with Gasteiger partial charge in [-0.2, -0.15) is 0 Å². The predicted molar refractivity (Wildman–Crippen MR) is 144 cm³/mol. The minimum absolute atomic E-state index is 0.0543. The lowest BCUT2D eigenvalue weighted by molar-refractivity contribution is 0.0752. The molecular weight excluding hydrogens is 481 g/mol. The van der Waals surface area contributed by atoms with Crippen LogP contribution in [-0.4, -0.2) is 33.7 Å². The van der Waals surface area contributed by atoms with Gasteiger partial charge in [0.1, 0.15) is 11.6 Å². The van der Waals surface area contributed by atoms with Crippen molar-refractivity contribution in [3.63, 3.8) is 0 Å². The zero-order chi connectivity index (χ0) is 26.1. The molecule has 1 aliphatic heterocycles. The molecular formula is C31H26FN3O3. The van der Waals surface area contributed by atoms with E-state index in [1.54, 1.807) is 6.07 Å². The number of halogens is 1. The second-order valence-electron chi connectivity index (χ2n) is 9.23. The minimum Gasteiger partial charge on any atom is -0.454 e. The van der Waals surface area contributed by atoms with Crippen molar-refractivity contribution in [2.24, 2.45) is 0 Å². The Labute approximate surface area is 219 Å². The lowest BCUT2D eigenvalue weighted by Crippen LogP contribution is -2.30. The van der Waals surface area contributed by atoms with Crippen LogP contribution in [0.3, 0.4) is 0 Å². The zero-order valence-corrected chi connectivity index (χ0v) is 20.9. The highest BCUT2D eigenvalue weighted by Crippen LogP contribution is 2.37. The van der Waals surface area contributed by atoms with E-state index in [9.17, 15) is 9.18 Å². The Morgan fingerprint density at radius 3 is 2.55 bits per heavy atom. The molecule has 0 atom stereocenters. The highest BCUT2D eigenvalue weighted by molar-refractivity contribution is 5.98. The molecule has 5 aromatic rings. The number of carbonyl (C=O) groups is 1. The summed E-state index contributed by atoms with van der Waals surface area (Å²) < 4.78 is 27.1. The number of carbonyl (C=O) groups excluding carboxylic acids is 1. The summed E-state index contributed by atoms with van der Waals surface area (Å²) in [6.07, 6.45) is 0. The quantitative estimate of drug-likeness (QED) is 0.260. The van der Waals surface area contributed by atoms with Gasteiger partial charge in [0.25, 0.3) is 5.91 Å². The summed E-state index contributed by atoms with van der Waals surface area (Å²) in [6.45, 7) is 3.65. The molecule has 38 heavy (non-hydrogen) atoms. The molecule has 1 amide bonds. The second kappa shape index (κ2) is 10.0. The van der Waals surface area contributed by atoms with Crippen LogP contribution in [0.2, 0.25) is 0 Å². The number of amides is 1.